The van der Waals surface area contributed by atoms with Gasteiger partial charge in [-0.25, -0.2) is 0 Å². The number of nitrogens with zero attached hydrogens (tertiary/aromatic N) is 1. The number of halogens is 1. The molecule has 0 aromatic rings. The highest BCUT2D eigenvalue weighted by atomic mass is 35.5. The fourth-order valence-electron chi connectivity index (χ4n) is 1.80. The second-order valence-corrected chi connectivity index (χ2v) is 4.29. The molecule has 15 heavy (non-hydrogen) atoms. The number of piperidine rings is 1. The van der Waals surface area contributed by atoms with Gasteiger partial charge < -0.3 is 14.7 Å². The van der Waals surface area contributed by atoms with Crippen LogP contribution in [-0.2, 0) is 9.53 Å². The van der Waals surface area contributed by atoms with Crippen molar-refractivity contribution in [3.8, 4) is 0 Å². The monoisotopic (exact) mass is 235 g/mol. The lowest BCUT2D eigenvalue weighted by molar-refractivity contribution is -0.137. The lowest BCUT2D eigenvalue weighted by Crippen LogP contribution is -2.41. The van der Waals surface area contributed by atoms with Crippen molar-refractivity contribution in [1.29, 1.82) is 0 Å². The van der Waals surface area contributed by atoms with Crippen LogP contribution in [0.15, 0.2) is 0 Å². The van der Waals surface area contributed by atoms with Crippen molar-refractivity contribution in [3.05, 3.63) is 0 Å². The third-order valence-corrected chi connectivity index (χ3v) is 2.95. The van der Waals surface area contributed by atoms with Gasteiger partial charge in [-0.2, -0.15) is 0 Å². The largest absolute Gasteiger partial charge is 0.480 e. The highest BCUT2D eigenvalue weighted by molar-refractivity contribution is 6.29. The summed E-state index contributed by atoms with van der Waals surface area (Å²) in [6, 6.07) is 0. The van der Waals surface area contributed by atoms with E-state index in [1.54, 1.807) is 0 Å². The van der Waals surface area contributed by atoms with Gasteiger partial charge >= 0.3 is 5.97 Å². The number of carbonyl (C=O) groups is 1. The van der Waals surface area contributed by atoms with E-state index in [2.05, 4.69) is 4.90 Å². The first-order chi connectivity index (χ1) is 7.13. The molecule has 1 unspecified atom stereocenters. The minimum atomic E-state index is -0.941. The summed E-state index contributed by atoms with van der Waals surface area (Å²) in [4.78, 5) is 12.6. The van der Waals surface area contributed by atoms with Crippen LogP contribution >= 0.6 is 11.6 Å². The molecule has 0 bridgehead atoms. The van der Waals surface area contributed by atoms with Gasteiger partial charge in [0.25, 0.3) is 0 Å². The molecular formula is C10H18ClNO3. The number of rotatable bonds is 5. The predicted octanol–water partition coefficient (Wildman–Crippen LogP) is 1.18. The lowest BCUT2D eigenvalue weighted by atomic mass is 10.1. The van der Waals surface area contributed by atoms with Crippen LogP contribution in [0.3, 0.4) is 0 Å². The van der Waals surface area contributed by atoms with Gasteiger partial charge in [0.1, 0.15) is 5.38 Å². The summed E-state index contributed by atoms with van der Waals surface area (Å²) >= 11 is 5.67. The standard InChI is InChI=1S/C10H18ClNO3/c1-2-15-8-3-5-12(6-4-8)7-9(11)10(13)14/h8-9H,2-7H2,1H3,(H,13,14). The van der Waals surface area contributed by atoms with Gasteiger partial charge in [0.2, 0.25) is 0 Å². The summed E-state index contributed by atoms with van der Waals surface area (Å²) in [6.07, 6.45) is 2.28. The molecule has 1 fully saturated rings. The van der Waals surface area contributed by atoms with Gasteiger partial charge in [-0.1, -0.05) is 0 Å². The van der Waals surface area contributed by atoms with Crippen molar-refractivity contribution in [1.82, 2.24) is 4.90 Å². The van der Waals surface area contributed by atoms with E-state index in [0.717, 1.165) is 32.5 Å². The van der Waals surface area contributed by atoms with Crippen molar-refractivity contribution < 1.29 is 14.6 Å². The molecule has 1 aliphatic rings. The third kappa shape index (κ3) is 4.36. The molecular weight excluding hydrogens is 218 g/mol. The Morgan fingerprint density at radius 2 is 2.20 bits per heavy atom. The summed E-state index contributed by atoms with van der Waals surface area (Å²) in [5.41, 5.74) is 0. The molecule has 0 saturated carbocycles. The van der Waals surface area contributed by atoms with Crippen molar-refractivity contribution in [2.45, 2.75) is 31.2 Å². The van der Waals surface area contributed by atoms with E-state index in [9.17, 15) is 4.79 Å². The van der Waals surface area contributed by atoms with Gasteiger partial charge in [-0.15, -0.1) is 11.6 Å². The minimum absolute atomic E-state index is 0.338. The highest BCUT2D eigenvalue weighted by Gasteiger charge is 2.23. The van der Waals surface area contributed by atoms with E-state index in [1.165, 1.54) is 0 Å². The predicted molar refractivity (Wildman–Crippen MR) is 58.4 cm³/mol. The Labute approximate surface area is 95.2 Å². The molecule has 88 valence electrons. The first-order valence-corrected chi connectivity index (χ1v) is 5.78. The van der Waals surface area contributed by atoms with Crippen LogP contribution in [-0.4, -0.2) is 53.7 Å². The van der Waals surface area contributed by atoms with Crippen LogP contribution in [0.2, 0.25) is 0 Å². The Morgan fingerprint density at radius 1 is 1.60 bits per heavy atom. The van der Waals surface area contributed by atoms with E-state index in [-0.39, 0.29) is 0 Å². The van der Waals surface area contributed by atoms with Crippen molar-refractivity contribution in [3.63, 3.8) is 0 Å². The van der Waals surface area contributed by atoms with Crippen molar-refractivity contribution in [2.24, 2.45) is 0 Å². The molecule has 4 nitrogen and oxygen atoms in total. The van der Waals surface area contributed by atoms with E-state index in [4.69, 9.17) is 21.4 Å². The van der Waals surface area contributed by atoms with Crippen LogP contribution in [0.5, 0.6) is 0 Å². The Kier molecular flexibility index (Phi) is 5.36. The molecule has 0 spiro atoms. The highest BCUT2D eigenvalue weighted by Crippen LogP contribution is 2.14. The van der Waals surface area contributed by atoms with E-state index in [1.807, 2.05) is 6.92 Å². The molecule has 5 heteroatoms. The van der Waals surface area contributed by atoms with Crippen molar-refractivity contribution in [2.75, 3.05) is 26.2 Å². The average Bonchev–Trinajstić information content (AvgIpc) is 2.21. The molecule has 1 saturated heterocycles. The second-order valence-electron chi connectivity index (χ2n) is 3.76. The number of carboxylic acid groups (broad SMARTS) is 1. The molecule has 1 N–H and O–H groups in total. The third-order valence-electron chi connectivity index (χ3n) is 2.62. The number of aliphatic carboxylic acids is 1. The topological polar surface area (TPSA) is 49.8 Å². The van der Waals surface area contributed by atoms with Crippen LogP contribution < -0.4 is 0 Å². The smallest absolute Gasteiger partial charge is 0.322 e. The maximum Gasteiger partial charge on any atom is 0.322 e. The number of carboxylic acids is 1. The van der Waals surface area contributed by atoms with Crippen LogP contribution in [0.1, 0.15) is 19.8 Å². The summed E-state index contributed by atoms with van der Waals surface area (Å²) < 4.78 is 5.51. The van der Waals surface area contributed by atoms with Crippen LogP contribution in [0.4, 0.5) is 0 Å². The number of hydrogen-bond donors (Lipinski definition) is 1. The van der Waals surface area contributed by atoms with Crippen molar-refractivity contribution >= 4 is 17.6 Å². The van der Waals surface area contributed by atoms with Crippen LogP contribution in [0, 0.1) is 0 Å². The average molecular weight is 236 g/mol. The molecule has 1 aliphatic heterocycles. The molecule has 1 heterocycles. The van der Waals surface area contributed by atoms with Crippen LogP contribution in [0.25, 0.3) is 0 Å². The summed E-state index contributed by atoms with van der Waals surface area (Å²) in [5, 5.41) is 7.87. The first-order valence-electron chi connectivity index (χ1n) is 5.34. The van der Waals surface area contributed by atoms with Gasteiger partial charge in [-0.3, -0.25) is 4.79 Å². The first kappa shape index (κ1) is 12.7. The second kappa shape index (κ2) is 6.30. The molecule has 1 atom stereocenters. The number of alkyl halides is 1. The van der Waals surface area contributed by atoms with E-state index >= 15 is 0 Å². The fraction of sp³-hybridized carbons (Fsp3) is 0.900. The van der Waals surface area contributed by atoms with Gasteiger partial charge in [0, 0.05) is 26.2 Å². The molecule has 0 aromatic heterocycles. The molecule has 0 amide bonds. The zero-order valence-electron chi connectivity index (χ0n) is 8.99. The SMILES string of the molecule is CCOC1CCN(CC(Cl)C(=O)O)CC1. The van der Waals surface area contributed by atoms with E-state index < -0.39 is 11.3 Å². The molecule has 0 radical (unpaired) electrons. The zero-order valence-corrected chi connectivity index (χ0v) is 9.74. The lowest BCUT2D eigenvalue weighted by Gasteiger charge is -2.32. The zero-order chi connectivity index (χ0) is 11.3. The Balaban J connectivity index is 2.22. The summed E-state index contributed by atoms with van der Waals surface area (Å²) in [7, 11) is 0. The summed E-state index contributed by atoms with van der Waals surface area (Å²) in [6.45, 7) is 4.92. The minimum Gasteiger partial charge on any atom is -0.480 e. The van der Waals surface area contributed by atoms with Gasteiger partial charge in [0.15, 0.2) is 0 Å². The molecule has 1 rings (SSSR count). The Bertz CT molecular complexity index is 205. The van der Waals surface area contributed by atoms with Gasteiger partial charge in [-0.05, 0) is 19.8 Å². The van der Waals surface area contributed by atoms with E-state index in [0.29, 0.717) is 12.6 Å². The number of ether oxygens (including phenoxy) is 1. The van der Waals surface area contributed by atoms with Gasteiger partial charge in [0.05, 0.1) is 6.10 Å². The fourth-order valence-corrected chi connectivity index (χ4v) is 1.99. The quantitative estimate of drug-likeness (QED) is 0.727. The number of hydrogen-bond acceptors (Lipinski definition) is 3. The Morgan fingerprint density at radius 3 is 2.67 bits per heavy atom. The Hall–Kier alpha value is -0.320. The maximum atomic E-state index is 10.6. The normalized spacial score (nSPS) is 21.5. The maximum absolute atomic E-state index is 10.6. The summed E-state index contributed by atoms with van der Waals surface area (Å²) in [5.74, 6) is -0.941. The molecule has 0 aromatic carbocycles. The number of likely N-dealkylation sites (tertiary alicyclic amines) is 1. The molecule has 0 aliphatic carbocycles.